The molecule has 0 radical (unpaired) electrons. The third kappa shape index (κ3) is 2.80. The molecule has 1 amide bonds. The number of carbonyl (C=O) groups excluding carboxylic acids is 1. The standard InChI is InChI=1S/C14H16ClN5O/c15-10-2-1-3-11(8-10)19-4-6-20(7-5-19)14(21)12-9-17-18-13(12)16/h1-3,8-9H,4-7H2,(H3,16,17,18). The molecule has 0 unspecified atom stereocenters. The Balaban J connectivity index is 1.65. The summed E-state index contributed by atoms with van der Waals surface area (Å²) >= 11 is 6.01. The van der Waals surface area contributed by atoms with Gasteiger partial charge in [0.15, 0.2) is 0 Å². The maximum Gasteiger partial charge on any atom is 0.259 e. The van der Waals surface area contributed by atoms with Crippen LogP contribution in [-0.2, 0) is 0 Å². The molecule has 1 aliphatic rings. The molecule has 3 N–H and O–H groups in total. The van der Waals surface area contributed by atoms with Crippen LogP contribution in [0.1, 0.15) is 10.4 Å². The van der Waals surface area contributed by atoms with Crippen molar-refractivity contribution >= 4 is 29.0 Å². The molecule has 2 heterocycles. The van der Waals surface area contributed by atoms with Crippen LogP contribution < -0.4 is 10.6 Å². The first-order valence-corrected chi connectivity index (χ1v) is 7.11. The molecule has 2 aromatic rings. The highest BCUT2D eigenvalue weighted by atomic mass is 35.5. The molecule has 0 bridgehead atoms. The second kappa shape index (κ2) is 5.65. The van der Waals surface area contributed by atoms with Gasteiger partial charge in [-0.05, 0) is 18.2 Å². The van der Waals surface area contributed by atoms with Crippen LogP contribution in [0.2, 0.25) is 5.02 Å². The van der Waals surface area contributed by atoms with Gasteiger partial charge in [0, 0.05) is 36.9 Å². The number of aromatic nitrogens is 2. The fourth-order valence-electron chi connectivity index (χ4n) is 2.48. The molecule has 7 heteroatoms. The van der Waals surface area contributed by atoms with Crippen molar-refractivity contribution in [2.24, 2.45) is 0 Å². The lowest BCUT2D eigenvalue weighted by Gasteiger charge is -2.36. The molecule has 0 spiro atoms. The minimum Gasteiger partial charge on any atom is -0.383 e. The van der Waals surface area contributed by atoms with Crippen LogP contribution in [0.3, 0.4) is 0 Å². The molecule has 1 aliphatic heterocycles. The number of amides is 1. The summed E-state index contributed by atoms with van der Waals surface area (Å²) in [4.78, 5) is 16.3. The summed E-state index contributed by atoms with van der Waals surface area (Å²) in [6.07, 6.45) is 1.47. The van der Waals surface area contributed by atoms with E-state index in [2.05, 4.69) is 15.1 Å². The van der Waals surface area contributed by atoms with E-state index in [0.717, 1.165) is 23.8 Å². The van der Waals surface area contributed by atoms with Crippen LogP contribution in [0.15, 0.2) is 30.5 Å². The minimum absolute atomic E-state index is 0.0769. The smallest absolute Gasteiger partial charge is 0.259 e. The van der Waals surface area contributed by atoms with Crippen LogP contribution in [0, 0.1) is 0 Å². The summed E-state index contributed by atoms with van der Waals surface area (Å²) in [6, 6.07) is 7.75. The van der Waals surface area contributed by atoms with Crippen LogP contribution in [0.25, 0.3) is 0 Å². The van der Waals surface area contributed by atoms with Crippen molar-refractivity contribution in [3.05, 3.63) is 41.0 Å². The van der Waals surface area contributed by atoms with Crippen LogP contribution in [0.5, 0.6) is 0 Å². The number of halogens is 1. The lowest BCUT2D eigenvalue weighted by atomic mass is 10.2. The molecule has 21 heavy (non-hydrogen) atoms. The number of hydrogen-bond donors (Lipinski definition) is 2. The Morgan fingerprint density at radius 1 is 1.29 bits per heavy atom. The molecule has 0 atom stereocenters. The molecule has 3 rings (SSSR count). The number of anilines is 2. The predicted octanol–water partition coefficient (Wildman–Crippen LogP) is 1.61. The van der Waals surface area contributed by atoms with E-state index in [4.69, 9.17) is 17.3 Å². The fraction of sp³-hybridized carbons (Fsp3) is 0.286. The Kier molecular flexibility index (Phi) is 3.70. The van der Waals surface area contributed by atoms with Gasteiger partial charge in [0.1, 0.15) is 11.4 Å². The maximum atomic E-state index is 12.3. The highest BCUT2D eigenvalue weighted by Gasteiger charge is 2.24. The van der Waals surface area contributed by atoms with E-state index in [1.54, 1.807) is 4.90 Å². The number of piperazine rings is 1. The zero-order valence-electron chi connectivity index (χ0n) is 11.4. The molecular weight excluding hydrogens is 290 g/mol. The number of hydrogen-bond acceptors (Lipinski definition) is 4. The molecule has 1 aromatic carbocycles. The zero-order valence-corrected chi connectivity index (χ0v) is 12.2. The predicted molar refractivity (Wildman–Crippen MR) is 82.6 cm³/mol. The first kappa shape index (κ1) is 13.8. The third-order valence-electron chi connectivity index (χ3n) is 3.64. The van der Waals surface area contributed by atoms with Crippen LogP contribution in [0.4, 0.5) is 11.5 Å². The number of nitrogen functional groups attached to an aromatic ring is 1. The van der Waals surface area contributed by atoms with Gasteiger partial charge in [0.05, 0.1) is 6.20 Å². The van der Waals surface area contributed by atoms with Crippen molar-refractivity contribution in [2.75, 3.05) is 36.8 Å². The van der Waals surface area contributed by atoms with Crippen molar-refractivity contribution in [2.45, 2.75) is 0 Å². The number of nitrogens with one attached hydrogen (secondary N) is 1. The molecule has 1 saturated heterocycles. The van der Waals surface area contributed by atoms with Gasteiger partial charge in [-0.2, -0.15) is 5.10 Å². The fourth-order valence-corrected chi connectivity index (χ4v) is 2.66. The second-order valence-corrected chi connectivity index (χ2v) is 5.39. The molecule has 0 aliphatic carbocycles. The summed E-state index contributed by atoms with van der Waals surface area (Å²) in [5.74, 6) is 0.240. The van der Waals surface area contributed by atoms with Gasteiger partial charge in [-0.15, -0.1) is 0 Å². The number of carbonyl (C=O) groups is 1. The third-order valence-corrected chi connectivity index (χ3v) is 3.87. The summed E-state index contributed by atoms with van der Waals surface area (Å²) < 4.78 is 0. The number of H-pyrrole nitrogens is 1. The van der Waals surface area contributed by atoms with E-state index < -0.39 is 0 Å². The maximum absolute atomic E-state index is 12.3. The monoisotopic (exact) mass is 305 g/mol. The summed E-state index contributed by atoms with van der Waals surface area (Å²) in [6.45, 7) is 2.83. The van der Waals surface area contributed by atoms with Gasteiger partial charge in [-0.3, -0.25) is 9.89 Å². The van der Waals surface area contributed by atoms with Gasteiger partial charge in [-0.25, -0.2) is 0 Å². The lowest BCUT2D eigenvalue weighted by molar-refractivity contribution is 0.0748. The Morgan fingerprint density at radius 2 is 2.05 bits per heavy atom. The average Bonchev–Trinajstić information content (AvgIpc) is 2.93. The topological polar surface area (TPSA) is 78.2 Å². The normalized spacial score (nSPS) is 15.3. The number of aromatic amines is 1. The van der Waals surface area contributed by atoms with E-state index >= 15 is 0 Å². The van der Waals surface area contributed by atoms with E-state index in [-0.39, 0.29) is 5.91 Å². The SMILES string of the molecule is Nc1[nH]ncc1C(=O)N1CCN(c2cccc(Cl)c2)CC1. The van der Waals surface area contributed by atoms with Crippen molar-refractivity contribution in [1.29, 1.82) is 0 Å². The number of nitrogens with two attached hydrogens (primary N) is 1. The zero-order chi connectivity index (χ0) is 14.8. The Morgan fingerprint density at radius 3 is 2.67 bits per heavy atom. The second-order valence-electron chi connectivity index (χ2n) is 4.96. The Bertz CT molecular complexity index is 648. The summed E-state index contributed by atoms with van der Waals surface area (Å²) in [7, 11) is 0. The van der Waals surface area contributed by atoms with Crippen molar-refractivity contribution < 1.29 is 4.79 Å². The first-order valence-electron chi connectivity index (χ1n) is 6.74. The number of rotatable bonds is 2. The van der Waals surface area contributed by atoms with Crippen LogP contribution >= 0.6 is 11.6 Å². The van der Waals surface area contributed by atoms with E-state index in [0.29, 0.717) is 24.5 Å². The quantitative estimate of drug-likeness (QED) is 0.883. The minimum atomic E-state index is -0.0769. The molecule has 1 aromatic heterocycles. The lowest BCUT2D eigenvalue weighted by Crippen LogP contribution is -2.48. The van der Waals surface area contributed by atoms with Gasteiger partial charge < -0.3 is 15.5 Å². The highest BCUT2D eigenvalue weighted by molar-refractivity contribution is 6.30. The molecular formula is C14H16ClN5O. The Labute approximate surface area is 127 Å². The number of benzene rings is 1. The van der Waals surface area contributed by atoms with Gasteiger partial charge in [0.2, 0.25) is 0 Å². The van der Waals surface area contributed by atoms with Crippen LogP contribution in [-0.4, -0.2) is 47.2 Å². The van der Waals surface area contributed by atoms with Gasteiger partial charge in [0.25, 0.3) is 5.91 Å². The van der Waals surface area contributed by atoms with Crippen molar-refractivity contribution in [1.82, 2.24) is 15.1 Å². The first-order chi connectivity index (χ1) is 10.1. The summed E-state index contributed by atoms with van der Waals surface area (Å²) in [5.41, 5.74) is 7.21. The largest absolute Gasteiger partial charge is 0.383 e. The van der Waals surface area contributed by atoms with Crippen molar-refractivity contribution in [3.63, 3.8) is 0 Å². The molecule has 0 saturated carbocycles. The van der Waals surface area contributed by atoms with E-state index in [1.807, 2.05) is 24.3 Å². The molecule has 110 valence electrons. The van der Waals surface area contributed by atoms with E-state index in [1.165, 1.54) is 6.20 Å². The Hall–Kier alpha value is -2.21. The van der Waals surface area contributed by atoms with Crippen molar-refractivity contribution in [3.8, 4) is 0 Å². The number of nitrogens with zero attached hydrogens (tertiary/aromatic N) is 3. The molecule has 1 fully saturated rings. The molecule has 6 nitrogen and oxygen atoms in total. The van der Waals surface area contributed by atoms with Gasteiger partial charge in [-0.1, -0.05) is 17.7 Å². The van der Waals surface area contributed by atoms with E-state index in [9.17, 15) is 4.79 Å². The average molecular weight is 306 g/mol. The van der Waals surface area contributed by atoms with Gasteiger partial charge >= 0.3 is 0 Å². The summed E-state index contributed by atoms with van der Waals surface area (Å²) in [5, 5.41) is 7.09. The highest BCUT2D eigenvalue weighted by Crippen LogP contribution is 2.21.